The Bertz CT molecular complexity index is 207. The maximum atomic E-state index is 11.0. The van der Waals surface area contributed by atoms with E-state index in [9.17, 15) is 4.79 Å². The summed E-state index contributed by atoms with van der Waals surface area (Å²) in [5, 5.41) is 9.04. The number of nitrogens with two attached hydrogens (primary N) is 1. The van der Waals surface area contributed by atoms with Crippen molar-refractivity contribution in [1.82, 2.24) is 9.80 Å². The van der Waals surface area contributed by atoms with Crippen LogP contribution in [-0.2, 0) is 4.79 Å². The van der Waals surface area contributed by atoms with Crippen molar-refractivity contribution in [1.29, 1.82) is 0 Å². The minimum absolute atomic E-state index is 0.0546. The Morgan fingerprint density at radius 2 is 1.62 bits per heavy atom. The molecule has 5 nitrogen and oxygen atoms in total. The van der Waals surface area contributed by atoms with E-state index in [0.29, 0.717) is 13.0 Å². The average molecular weight is 231 g/mol. The van der Waals surface area contributed by atoms with E-state index in [0.717, 1.165) is 13.0 Å². The molecule has 0 saturated heterocycles. The van der Waals surface area contributed by atoms with Gasteiger partial charge in [-0.05, 0) is 41.0 Å². The van der Waals surface area contributed by atoms with E-state index in [-0.39, 0.29) is 12.0 Å². The van der Waals surface area contributed by atoms with Crippen LogP contribution in [0.3, 0.4) is 0 Å². The van der Waals surface area contributed by atoms with Crippen molar-refractivity contribution in [3.8, 4) is 0 Å². The lowest BCUT2D eigenvalue weighted by Gasteiger charge is -2.21. The van der Waals surface area contributed by atoms with Crippen LogP contribution in [0.4, 0.5) is 0 Å². The topological polar surface area (TPSA) is 69.8 Å². The number of carboxylic acid groups (broad SMARTS) is 1. The Morgan fingerprint density at radius 3 is 2.00 bits per heavy atom. The number of aliphatic carboxylic acids is 1. The third kappa shape index (κ3) is 7.62. The van der Waals surface area contributed by atoms with Gasteiger partial charge in [0.1, 0.15) is 0 Å². The summed E-state index contributed by atoms with van der Waals surface area (Å²) in [6, 6.07) is 0.0546. The first-order valence-corrected chi connectivity index (χ1v) is 5.60. The second-order valence-corrected chi connectivity index (χ2v) is 4.90. The second kappa shape index (κ2) is 7.60. The molecule has 0 aromatic carbocycles. The van der Waals surface area contributed by atoms with E-state index < -0.39 is 5.97 Å². The van der Waals surface area contributed by atoms with E-state index in [4.69, 9.17) is 10.8 Å². The van der Waals surface area contributed by atoms with Gasteiger partial charge >= 0.3 is 5.97 Å². The first-order chi connectivity index (χ1) is 7.32. The minimum atomic E-state index is -0.731. The highest BCUT2D eigenvalue weighted by molar-refractivity contribution is 5.70. The summed E-state index contributed by atoms with van der Waals surface area (Å²) in [5.74, 6) is -1.05. The first-order valence-electron chi connectivity index (χ1n) is 5.60. The van der Waals surface area contributed by atoms with Gasteiger partial charge in [0, 0.05) is 19.1 Å². The lowest BCUT2D eigenvalue weighted by atomic mass is 9.99. The Labute approximate surface area is 98.2 Å². The minimum Gasteiger partial charge on any atom is -0.481 e. The fourth-order valence-corrected chi connectivity index (χ4v) is 1.71. The molecule has 0 aliphatic carbocycles. The summed E-state index contributed by atoms with van der Waals surface area (Å²) >= 11 is 0. The van der Waals surface area contributed by atoms with Crippen molar-refractivity contribution < 1.29 is 9.90 Å². The molecular formula is C11H25N3O2. The van der Waals surface area contributed by atoms with E-state index >= 15 is 0 Å². The Balaban J connectivity index is 3.97. The van der Waals surface area contributed by atoms with Gasteiger partial charge in [-0.3, -0.25) is 4.79 Å². The maximum Gasteiger partial charge on any atom is 0.307 e. The molecule has 16 heavy (non-hydrogen) atoms. The summed E-state index contributed by atoms with van der Waals surface area (Å²) in [7, 11) is 7.70. The summed E-state index contributed by atoms with van der Waals surface area (Å²) < 4.78 is 0. The predicted octanol–water partition coefficient (Wildman–Crippen LogP) is -0.0821. The molecule has 0 spiro atoms. The molecule has 0 aromatic heterocycles. The molecule has 2 atom stereocenters. The van der Waals surface area contributed by atoms with Crippen LogP contribution in [-0.4, -0.2) is 68.2 Å². The highest BCUT2D eigenvalue weighted by atomic mass is 16.4. The maximum absolute atomic E-state index is 11.0. The van der Waals surface area contributed by atoms with Crippen molar-refractivity contribution in [2.24, 2.45) is 11.7 Å². The number of carbonyl (C=O) groups is 1. The van der Waals surface area contributed by atoms with Crippen LogP contribution < -0.4 is 5.73 Å². The van der Waals surface area contributed by atoms with Gasteiger partial charge in [0.2, 0.25) is 0 Å². The third-order valence-corrected chi connectivity index (χ3v) is 2.42. The second-order valence-electron chi connectivity index (χ2n) is 4.90. The van der Waals surface area contributed by atoms with Crippen LogP contribution in [0.15, 0.2) is 0 Å². The Kier molecular flexibility index (Phi) is 7.29. The zero-order chi connectivity index (χ0) is 12.7. The summed E-state index contributed by atoms with van der Waals surface area (Å²) in [6.45, 7) is 1.37. The number of rotatable bonds is 8. The van der Waals surface area contributed by atoms with Crippen LogP contribution in [0.5, 0.6) is 0 Å². The van der Waals surface area contributed by atoms with Crippen molar-refractivity contribution in [2.75, 3.05) is 41.3 Å². The standard InChI is InChI=1S/C11H25N3O2/c1-13(2)7-9(11(15)16)5-6-10(12)8-14(3)4/h9-10H,5-8,12H2,1-4H3,(H,15,16). The van der Waals surface area contributed by atoms with E-state index in [2.05, 4.69) is 0 Å². The molecule has 0 aliphatic heterocycles. The summed E-state index contributed by atoms with van der Waals surface area (Å²) in [4.78, 5) is 14.9. The number of carboxylic acids is 1. The molecule has 3 N–H and O–H groups in total. The van der Waals surface area contributed by atoms with Crippen molar-refractivity contribution in [3.63, 3.8) is 0 Å². The van der Waals surface area contributed by atoms with Gasteiger partial charge in [0.25, 0.3) is 0 Å². The van der Waals surface area contributed by atoms with Gasteiger partial charge in [0.15, 0.2) is 0 Å². The predicted molar refractivity (Wildman–Crippen MR) is 65.4 cm³/mol. The first kappa shape index (κ1) is 15.3. The number of hydrogen-bond donors (Lipinski definition) is 2. The van der Waals surface area contributed by atoms with Gasteiger partial charge < -0.3 is 20.6 Å². The molecule has 0 fully saturated rings. The van der Waals surface area contributed by atoms with Crippen molar-refractivity contribution in [3.05, 3.63) is 0 Å². The Morgan fingerprint density at radius 1 is 1.12 bits per heavy atom. The normalized spacial score (nSPS) is 15.4. The quantitative estimate of drug-likeness (QED) is 0.611. The summed E-state index contributed by atoms with van der Waals surface area (Å²) in [5.41, 5.74) is 5.91. The zero-order valence-corrected chi connectivity index (χ0v) is 10.8. The van der Waals surface area contributed by atoms with E-state index in [1.165, 1.54) is 0 Å². The van der Waals surface area contributed by atoms with Gasteiger partial charge in [-0.15, -0.1) is 0 Å². The highest BCUT2D eigenvalue weighted by Gasteiger charge is 2.19. The van der Waals surface area contributed by atoms with Crippen LogP contribution in [0.25, 0.3) is 0 Å². The van der Waals surface area contributed by atoms with Crippen LogP contribution >= 0.6 is 0 Å². The SMILES string of the molecule is CN(C)CC(N)CCC(CN(C)C)C(=O)O. The largest absolute Gasteiger partial charge is 0.481 e. The van der Waals surface area contributed by atoms with Crippen molar-refractivity contribution >= 4 is 5.97 Å². The van der Waals surface area contributed by atoms with Gasteiger partial charge in [-0.25, -0.2) is 0 Å². The summed E-state index contributed by atoms with van der Waals surface area (Å²) in [6.07, 6.45) is 1.39. The highest BCUT2D eigenvalue weighted by Crippen LogP contribution is 2.10. The molecular weight excluding hydrogens is 206 g/mol. The third-order valence-electron chi connectivity index (χ3n) is 2.42. The fraction of sp³-hybridized carbons (Fsp3) is 0.909. The van der Waals surface area contributed by atoms with Crippen LogP contribution in [0, 0.1) is 5.92 Å². The monoisotopic (exact) mass is 231 g/mol. The van der Waals surface area contributed by atoms with Gasteiger partial charge in [-0.2, -0.15) is 0 Å². The molecule has 0 heterocycles. The van der Waals surface area contributed by atoms with Gasteiger partial charge in [-0.1, -0.05) is 0 Å². The molecule has 0 amide bonds. The number of likely N-dealkylation sites (N-methyl/N-ethyl adjacent to an activating group) is 1. The molecule has 0 aliphatic rings. The van der Waals surface area contributed by atoms with Crippen LogP contribution in [0.1, 0.15) is 12.8 Å². The number of nitrogens with zero attached hydrogens (tertiary/aromatic N) is 2. The Hall–Kier alpha value is -0.650. The smallest absolute Gasteiger partial charge is 0.307 e. The van der Waals surface area contributed by atoms with E-state index in [1.807, 2.05) is 38.0 Å². The molecule has 5 heteroatoms. The van der Waals surface area contributed by atoms with E-state index in [1.54, 1.807) is 0 Å². The number of hydrogen-bond acceptors (Lipinski definition) is 4. The lowest BCUT2D eigenvalue weighted by molar-refractivity contribution is -0.142. The molecule has 0 aromatic rings. The van der Waals surface area contributed by atoms with Crippen molar-refractivity contribution in [2.45, 2.75) is 18.9 Å². The molecule has 96 valence electrons. The fourth-order valence-electron chi connectivity index (χ4n) is 1.71. The van der Waals surface area contributed by atoms with Crippen LogP contribution in [0.2, 0.25) is 0 Å². The molecule has 0 rings (SSSR count). The average Bonchev–Trinajstić information content (AvgIpc) is 2.09. The molecule has 0 saturated carbocycles. The van der Waals surface area contributed by atoms with Gasteiger partial charge in [0.05, 0.1) is 5.92 Å². The zero-order valence-electron chi connectivity index (χ0n) is 10.8. The molecule has 0 bridgehead atoms. The molecule has 0 radical (unpaired) electrons. The molecule has 2 unspecified atom stereocenters. The lowest BCUT2D eigenvalue weighted by Crippen LogP contribution is -2.35.